The van der Waals surface area contributed by atoms with Gasteiger partial charge in [0.05, 0.1) is 17.0 Å². The number of thioether (sulfide) groups is 1. The molecular formula is C14H18N2OS2. The quantitative estimate of drug-likeness (QED) is 0.839. The van der Waals surface area contributed by atoms with Crippen LogP contribution in [0.2, 0.25) is 0 Å². The molecule has 0 bridgehead atoms. The third-order valence-corrected chi connectivity index (χ3v) is 5.48. The molecule has 0 saturated carbocycles. The number of thiophene rings is 1. The van der Waals surface area contributed by atoms with Crippen LogP contribution >= 0.6 is 23.1 Å². The molecule has 1 atom stereocenters. The van der Waals surface area contributed by atoms with Gasteiger partial charge in [0.15, 0.2) is 0 Å². The molecule has 0 aromatic carbocycles. The van der Waals surface area contributed by atoms with E-state index in [1.54, 1.807) is 0 Å². The van der Waals surface area contributed by atoms with E-state index < -0.39 is 0 Å². The van der Waals surface area contributed by atoms with E-state index in [4.69, 9.17) is 5.73 Å². The van der Waals surface area contributed by atoms with Gasteiger partial charge in [0.25, 0.3) is 5.91 Å². The molecule has 0 radical (unpaired) electrons. The van der Waals surface area contributed by atoms with Crippen molar-refractivity contribution in [3.8, 4) is 11.8 Å². The second kappa shape index (κ2) is 6.47. The largest absolute Gasteiger partial charge is 0.351 e. The molecule has 0 aliphatic carbocycles. The highest BCUT2D eigenvalue weighted by molar-refractivity contribution is 8.00. The normalized spacial score (nSPS) is 21.8. The van der Waals surface area contributed by atoms with Crippen LogP contribution in [-0.2, 0) is 0 Å². The van der Waals surface area contributed by atoms with E-state index in [0.717, 1.165) is 11.4 Å². The van der Waals surface area contributed by atoms with Crippen LogP contribution in [0.4, 0.5) is 0 Å². The summed E-state index contributed by atoms with van der Waals surface area (Å²) >= 11 is 3.43. The third-order valence-electron chi connectivity index (χ3n) is 3.10. The van der Waals surface area contributed by atoms with Crippen LogP contribution in [0.25, 0.3) is 0 Å². The molecule has 0 spiro atoms. The second-order valence-corrected chi connectivity index (χ2v) is 7.38. The topological polar surface area (TPSA) is 55.1 Å². The Bertz CT molecular complexity index is 507. The lowest BCUT2D eigenvalue weighted by Gasteiger charge is -2.22. The molecule has 5 heteroatoms. The highest BCUT2D eigenvalue weighted by Crippen LogP contribution is 2.37. The Balaban J connectivity index is 1.91. The molecule has 1 aromatic heterocycles. The van der Waals surface area contributed by atoms with Crippen molar-refractivity contribution in [2.45, 2.75) is 24.5 Å². The fourth-order valence-electron chi connectivity index (χ4n) is 2.00. The minimum atomic E-state index is -0.00854. The zero-order chi connectivity index (χ0) is 13.7. The maximum Gasteiger partial charge on any atom is 0.252 e. The lowest BCUT2D eigenvalue weighted by Crippen LogP contribution is -2.36. The number of amides is 1. The molecule has 2 rings (SSSR count). The van der Waals surface area contributed by atoms with Gasteiger partial charge in [-0.2, -0.15) is 11.8 Å². The van der Waals surface area contributed by atoms with E-state index >= 15 is 0 Å². The van der Waals surface area contributed by atoms with Gasteiger partial charge in [-0.25, -0.2) is 0 Å². The van der Waals surface area contributed by atoms with Gasteiger partial charge in [-0.3, -0.25) is 4.79 Å². The van der Waals surface area contributed by atoms with E-state index in [1.807, 2.05) is 23.2 Å². The van der Waals surface area contributed by atoms with Crippen molar-refractivity contribution in [3.05, 3.63) is 21.9 Å². The zero-order valence-corrected chi connectivity index (χ0v) is 12.6. The molecule has 1 amide bonds. The molecular weight excluding hydrogens is 276 g/mol. The fourth-order valence-corrected chi connectivity index (χ4v) is 4.00. The maximum atomic E-state index is 12.0. The fraction of sp³-hybridized carbons (Fsp3) is 0.500. The SMILES string of the molecule is CC1(CNC(=O)c2csc(C#CCN)c2)CCCS1. The molecule has 1 aliphatic heterocycles. The lowest BCUT2D eigenvalue weighted by atomic mass is 10.1. The van der Waals surface area contributed by atoms with Crippen molar-refractivity contribution >= 4 is 29.0 Å². The van der Waals surface area contributed by atoms with Crippen LogP contribution in [0.5, 0.6) is 0 Å². The van der Waals surface area contributed by atoms with Gasteiger partial charge >= 0.3 is 0 Å². The van der Waals surface area contributed by atoms with Crippen molar-refractivity contribution in [2.24, 2.45) is 5.73 Å². The first kappa shape index (κ1) is 14.4. The van der Waals surface area contributed by atoms with Crippen molar-refractivity contribution < 1.29 is 4.79 Å². The molecule has 1 aromatic rings. The van der Waals surface area contributed by atoms with E-state index in [9.17, 15) is 4.79 Å². The number of hydrogen-bond donors (Lipinski definition) is 2. The molecule has 1 fully saturated rings. The molecule has 2 heterocycles. The monoisotopic (exact) mass is 294 g/mol. The predicted octanol–water partition coefficient (Wildman–Crippen LogP) is 2.07. The number of nitrogens with two attached hydrogens (primary N) is 1. The number of hydrogen-bond acceptors (Lipinski definition) is 4. The summed E-state index contributed by atoms with van der Waals surface area (Å²) < 4.78 is 0.202. The van der Waals surface area contributed by atoms with Crippen molar-refractivity contribution in [1.82, 2.24) is 5.32 Å². The van der Waals surface area contributed by atoms with Crippen molar-refractivity contribution in [1.29, 1.82) is 0 Å². The number of carbonyl (C=O) groups excluding carboxylic acids is 1. The van der Waals surface area contributed by atoms with E-state index in [0.29, 0.717) is 12.1 Å². The van der Waals surface area contributed by atoms with E-state index in [-0.39, 0.29) is 10.7 Å². The van der Waals surface area contributed by atoms with Crippen LogP contribution in [0.1, 0.15) is 35.0 Å². The zero-order valence-electron chi connectivity index (χ0n) is 11.0. The molecule has 1 saturated heterocycles. The van der Waals surface area contributed by atoms with Crippen LogP contribution in [0, 0.1) is 11.8 Å². The molecule has 19 heavy (non-hydrogen) atoms. The Morgan fingerprint density at radius 1 is 1.63 bits per heavy atom. The molecule has 3 nitrogen and oxygen atoms in total. The molecule has 102 valence electrons. The van der Waals surface area contributed by atoms with Gasteiger partial charge in [-0.15, -0.1) is 11.3 Å². The Kier molecular flexibility index (Phi) is 4.92. The smallest absolute Gasteiger partial charge is 0.252 e. The van der Waals surface area contributed by atoms with Gasteiger partial charge in [-0.05, 0) is 31.6 Å². The Morgan fingerprint density at radius 3 is 3.16 bits per heavy atom. The lowest BCUT2D eigenvalue weighted by molar-refractivity contribution is 0.0950. The number of carbonyl (C=O) groups is 1. The summed E-state index contributed by atoms with van der Waals surface area (Å²) in [6.07, 6.45) is 2.42. The van der Waals surface area contributed by atoms with Crippen LogP contribution in [-0.4, -0.2) is 29.5 Å². The summed E-state index contributed by atoms with van der Waals surface area (Å²) in [6.45, 7) is 3.29. The van der Waals surface area contributed by atoms with Crippen LogP contribution < -0.4 is 11.1 Å². The van der Waals surface area contributed by atoms with Crippen LogP contribution in [0.3, 0.4) is 0 Å². The highest BCUT2D eigenvalue weighted by atomic mass is 32.2. The first-order chi connectivity index (χ1) is 9.13. The standard InChI is InChI=1S/C14H18N2OS2/c1-14(5-3-7-19-14)10-16-13(17)11-8-12(18-9-11)4-2-6-15/h8-9H,3,5-7,10,15H2,1H3,(H,16,17). The third kappa shape index (κ3) is 4.00. The molecule has 1 aliphatic rings. The summed E-state index contributed by atoms with van der Waals surface area (Å²) in [5, 5.41) is 4.87. The van der Waals surface area contributed by atoms with Crippen molar-refractivity contribution in [2.75, 3.05) is 18.8 Å². The summed E-state index contributed by atoms with van der Waals surface area (Å²) in [5.41, 5.74) is 6.02. The highest BCUT2D eigenvalue weighted by Gasteiger charge is 2.29. The van der Waals surface area contributed by atoms with Gasteiger partial charge in [0.2, 0.25) is 0 Å². The van der Waals surface area contributed by atoms with Gasteiger partial charge in [-0.1, -0.05) is 11.8 Å². The van der Waals surface area contributed by atoms with E-state index in [2.05, 4.69) is 24.1 Å². The molecule has 1 unspecified atom stereocenters. The summed E-state index contributed by atoms with van der Waals surface area (Å²) in [4.78, 5) is 12.9. The summed E-state index contributed by atoms with van der Waals surface area (Å²) in [6, 6.07) is 1.83. The first-order valence-corrected chi connectivity index (χ1v) is 8.19. The average molecular weight is 294 g/mol. The Hall–Kier alpha value is -0.960. The van der Waals surface area contributed by atoms with Crippen LogP contribution in [0.15, 0.2) is 11.4 Å². The predicted molar refractivity (Wildman–Crippen MR) is 82.7 cm³/mol. The summed E-state index contributed by atoms with van der Waals surface area (Å²) in [7, 11) is 0. The van der Waals surface area contributed by atoms with Crippen molar-refractivity contribution in [3.63, 3.8) is 0 Å². The van der Waals surface area contributed by atoms with E-state index in [1.165, 1.54) is 29.9 Å². The van der Waals surface area contributed by atoms with Gasteiger partial charge in [0, 0.05) is 16.7 Å². The Morgan fingerprint density at radius 2 is 2.47 bits per heavy atom. The number of rotatable bonds is 3. The minimum Gasteiger partial charge on any atom is -0.351 e. The Labute approximate surface area is 122 Å². The second-order valence-electron chi connectivity index (χ2n) is 4.79. The summed E-state index contributed by atoms with van der Waals surface area (Å²) in [5.74, 6) is 6.93. The maximum absolute atomic E-state index is 12.0. The minimum absolute atomic E-state index is 0.00854. The first-order valence-electron chi connectivity index (χ1n) is 6.33. The van der Waals surface area contributed by atoms with Gasteiger partial charge in [0.1, 0.15) is 0 Å². The van der Waals surface area contributed by atoms with Gasteiger partial charge < -0.3 is 11.1 Å². The number of nitrogens with one attached hydrogen (secondary N) is 1. The average Bonchev–Trinajstić information content (AvgIpc) is 3.03. The molecule has 3 N–H and O–H groups in total.